The molecule has 0 spiro atoms. The van der Waals surface area contributed by atoms with Crippen LogP contribution in [0.5, 0.6) is 5.75 Å². The van der Waals surface area contributed by atoms with Gasteiger partial charge >= 0.3 is 0 Å². The van der Waals surface area contributed by atoms with Crippen LogP contribution < -0.4 is 10.1 Å². The number of rotatable bonds is 5. The highest BCUT2D eigenvalue weighted by molar-refractivity contribution is 6.04. The minimum absolute atomic E-state index is 0.0803. The first kappa shape index (κ1) is 21.4. The number of hydrogen-bond donors (Lipinski definition) is 1. The van der Waals surface area contributed by atoms with Crippen molar-refractivity contribution in [2.24, 2.45) is 0 Å². The van der Waals surface area contributed by atoms with Gasteiger partial charge < -0.3 is 14.6 Å². The molecule has 0 bridgehead atoms. The minimum Gasteiger partial charge on any atom is -0.483 e. The van der Waals surface area contributed by atoms with Gasteiger partial charge in [0, 0.05) is 30.6 Å². The Morgan fingerprint density at radius 2 is 2.06 bits per heavy atom. The van der Waals surface area contributed by atoms with Crippen LogP contribution in [0.3, 0.4) is 0 Å². The van der Waals surface area contributed by atoms with Crippen molar-refractivity contribution in [1.82, 2.24) is 14.8 Å². The molecule has 0 fully saturated rings. The maximum atomic E-state index is 12.6. The van der Waals surface area contributed by atoms with Crippen LogP contribution in [-0.4, -0.2) is 33.1 Å². The molecule has 1 aliphatic heterocycles. The zero-order valence-corrected chi connectivity index (χ0v) is 19.1. The maximum absolute atomic E-state index is 12.6. The third-order valence-corrected chi connectivity index (χ3v) is 6.56. The van der Waals surface area contributed by atoms with E-state index in [4.69, 9.17) is 4.74 Å². The predicted octanol–water partition coefficient (Wildman–Crippen LogP) is 4.69. The Morgan fingerprint density at radius 1 is 1.18 bits per heavy atom. The maximum Gasteiger partial charge on any atom is 0.262 e. The van der Waals surface area contributed by atoms with Crippen molar-refractivity contribution in [2.45, 2.75) is 58.4 Å². The van der Waals surface area contributed by atoms with Crippen LogP contribution in [0.25, 0.3) is 11.4 Å². The fourth-order valence-electron chi connectivity index (χ4n) is 5.00. The predicted molar refractivity (Wildman–Crippen MR) is 126 cm³/mol. The quantitative estimate of drug-likeness (QED) is 0.617. The molecule has 0 radical (unpaired) electrons. The van der Waals surface area contributed by atoms with Crippen LogP contribution in [0.1, 0.15) is 65.8 Å². The largest absolute Gasteiger partial charge is 0.483 e. The molecule has 0 saturated carbocycles. The van der Waals surface area contributed by atoms with Gasteiger partial charge in [0.05, 0.1) is 5.56 Å². The highest BCUT2D eigenvalue weighted by Crippen LogP contribution is 2.40. The lowest BCUT2D eigenvalue weighted by atomic mass is 9.97. The zero-order chi connectivity index (χ0) is 22.9. The minimum atomic E-state index is -0.278. The Balaban J connectivity index is 1.29. The molecule has 7 heteroatoms. The van der Waals surface area contributed by atoms with Crippen molar-refractivity contribution >= 4 is 17.4 Å². The molecule has 33 heavy (non-hydrogen) atoms. The molecule has 0 unspecified atom stereocenters. The van der Waals surface area contributed by atoms with Crippen LogP contribution >= 0.6 is 0 Å². The summed E-state index contributed by atoms with van der Waals surface area (Å²) in [4.78, 5) is 25.1. The van der Waals surface area contributed by atoms with E-state index in [1.54, 1.807) is 6.07 Å². The molecule has 2 aromatic carbocycles. The van der Waals surface area contributed by atoms with Crippen molar-refractivity contribution in [3.8, 4) is 17.1 Å². The van der Waals surface area contributed by atoms with Gasteiger partial charge in [0.1, 0.15) is 11.6 Å². The van der Waals surface area contributed by atoms with Crippen molar-refractivity contribution in [3.05, 3.63) is 58.9 Å². The van der Waals surface area contributed by atoms with Gasteiger partial charge in [-0.05, 0) is 55.0 Å². The zero-order valence-electron chi connectivity index (χ0n) is 19.1. The van der Waals surface area contributed by atoms with Gasteiger partial charge in [-0.2, -0.15) is 0 Å². The molecule has 170 valence electrons. The highest BCUT2D eigenvalue weighted by atomic mass is 16.5. The second-order valence-corrected chi connectivity index (χ2v) is 9.02. The Bertz CT molecular complexity index is 1230. The molecular weight excluding hydrogens is 416 g/mol. The molecule has 3 aromatic rings. The van der Waals surface area contributed by atoms with Crippen molar-refractivity contribution in [2.75, 3.05) is 11.9 Å². The van der Waals surface area contributed by atoms with Gasteiger partial charge in [0.25, 0.3) is 5.91 Å². The summed E-state index contributed by atoms with van der Waals surface area (Å²) >= 11 is 0. The number of carbonyl (C=O) groups is 2. The summed E-state index contributed by atoms with van der Waals surface area (Å²) in [7, 11) is 0. The topological polar surface area (TPSA) is 86.1 Å². The van der Waals surface area contributed by atoms with Crippen molar-refractivity contribution < 1.29 is 14.3 Å². The van der Waals surface area contributed by atoms with Crippen molar-refractivity contribution in [1.29, 1.82) is 0 Å². The third-order valence-electron chi connectivity index (χ3n) is 6.56. The average molecular weight is 445 g/mol. The molecule has 2 aliphatic rings. The lowest BCUT2D eigenvalue weighted by Gasteiger charge is -2.13. The summed E-state index contributed by atoms with van der Waals surface area (Å²) in [6.45, 7) is 4.81. The van der Waals surface area contributed by atoms with E-state index in [1.807, 2.05) is 37.3 Å². The molecule has 1 atom stereocenters. The van der Waals surface area contributed by atoms with E-state index >= 15 is 0 Å². The fourth-order valence-corrected chi connectivity index (χ4v) is 5.00. The number of hydrogen-bond acceptors (Lipinski definition) is 5. The number of nitrogens with zero attached hydrogens (tertiary/aromatic N) is 3. The summed E-state index contributed by atoms with van der Waals surface area (Å²) in [5.41, 5.74) is 4.35. The monoisotopic (exact) mass is 444 g/mol. The Morgan fingerprint density at radius 3 is 2.94 bits per heavy atom. The number of aryl methyl sites for hydroxylation is 2. The molecular formula is C26H28N4O3. The van der Waals surface area contributed by atoms with Crippen LogP contribution in [0, 0.1) is 6.92 Å². The Kier molecular flexibility index (Phi) is 5.70. The first-order chi connectivity index (χ1) is 16.0. The van der Waals surface area contributed by atoms with Crippen molar-refractivity contribution in [3.63, 3.8) is 0 Å². The number of nitrogens with one attached hydrogen (secondary N) is 1. The van der Waals surface area contributed by atoms with E-state index in [1.165, 1.54) is 6.42 Å². The number of fused-ring (bicyclic) bond motifs is 2. The van der Waals surface area contributed by atoms with Gasteiger partial charge in [-0.3, -0.25) is 9.59 Å². The SMILES string of the molecule is Cc1ccc(OCC(=O)Nc2cccc(-c3nnc4n3CCCCC4)c2)c2c1[C@H](C)CC2=O. The normalized spacial score (nSPS) is 17.3. The smallest absolute Gasteiger partial charge is 0.262 e. The molecule has 2 heterocycles. The van der Waals surface area contributed by atoms with Gasteiger partial charge in [-0.1, -0.05) is 31.5 Å². The summed E-state index contributed by atoms with van der Waals surface area (Å²) in [5.74, 6) is 2.33. The number of carbonyl (C=O) groups excluding carboxylic acids is 2. The van der Waals surface area contributed by atoms with Gasteiger partial charge in [0.2, 0.25) is 0 Å². The molecule has 1 aromatic heterocycles. The molecule has 5 rings (SSSR count). The van der Waals surface area contributed by atoms with Crippen LogP contribution in [-0.2, 0) is 17.8 Å². The summed E-state index contributed by atoms with van der Waals surface area (Å²) in [5, 5.41) is 11.7. The lowest BCUT2D eigenvalue weighted by molar-refractivity contribution is -0.118. The average Bonchev–Trinajstić information content (AvgIpc) is 3.24. The molecule has 1 N–H and O–H groups in total. The van der Waals surface area contributed by atoms with E-state index in [0.29, 0.717) is 23.4 Å². The van der Waals surface area contributed by atoms with E-state index in [2.05, 4.69) is 27.0 Å². The first-order valence-electron chi connectivity index (χ1n) is 11.6. The Labute approximate surface area is 193 Å². The fraction of sp³-hybridized carbons (Fsp3) is 0.385. The Hall–Kier alpha value is -3.48. The second kappa shape index (κ2) is 8.81. The van der Waals surface area contributed by atoms with E-state index < -0.39 is 0 Å². The van der Waals surface area contributed by atoms with E-state index in [0.717, 1.165) is 54.1 Å². The standard InChI is InChI=1S/C26H28N4O3/c1-16-10-11-21(25-20(31)13-17(2)24(16)25)33-15-23(32)27-19-8-6-7-18(14-19)26-29-28-22-9-4-3-5-12-30(22)26/h6-8,10-11,14,17H,3-5,9,12-13,15H2,1-2H3,(H,27,32)/t17-/m1/s1. The second-order valence-electron chi connectivity index (χ2n) is 9.02. The summed E-state index contributed by atoms with van der Waals surface area (Å²) < 4.78 is 7.98. The molecule has 7 nitrogen and oxygen atoms in total. The van der Waals surface area contributed by atoms with Gasteiger partial charge in [-0.15, -0.1) is 10.2 Å². The highest BCUT2D eigenvalue weighted by Gasteiger charge is 2.31. The molecule has 1 aliphatic carbocycles. The number of benzene rings is 2. The number of ketones is 1. The lowest BCUT2D eigenvalue weighted by Crippen LogP contribution is -2.20. The van der Waals surface area contributed by atoms with Crippen LogP contribution in [0.2, 0.25) is 0 Å². The number of amides is 1. The van der Waals surface area contributed by atoms with Crippen LogP contribution in [0.4, 0.5) is 5.69 Å². The number of ether oxygens (including phenoxy) is 1. The van der Waals surface area contributed by atoms with E-state index in [9.17, 15) is 9.59 Å². The number of aromatic nitrogens is 3. The van der Waals surface area contributed by atoms with Crippen LogP contribution in [0.15, 0.2) is 36.4 Å². The summed E-state index contributed by atoms with van der Waals surface area (Å²) in [6.07, 6.45) is 4.90. The van der Waals surface area contributed by atoms with E-state index in [-0.39, 0.29) is 24.2 Å². The molecule has 0 saturated heterocycles. The third kappa shape index (κ3) is 4.15. The molecule has 1 amide bonds. The number of Topliss-reactive ketones (excluding diaryl/α,β-unsaturated/α-hetero) is 1. The first-order valence-corrected chi connectivity index (χ1v) is 11.6. The summed E-state index contributed by atoms with van der Waals surface area (Å²) in [6, 6.07) is 11.4. The van der Waals surface area contributed by atoms with Gasteiger partial charge in [-0.25, -0.2) is 0 Å². The number of anilines is 1. The van der Waals surface area contributed by atoms with Gasteiger partial charge in [0.15, 0.2) is 18.2 Å².